The Morgan fingerprint density at radius 1 is 1.21 bits per heavy atom. The fourth-order valence-corrected chi connectivity index (χ4v) is 5.48. The molecule has 0 saturated carbocycles. The first-order valence-corrected chi connectivity index (χ1v) is 11.8. The number of aryl methyl sites for hydroxylation is 2. The van der Waals surface area contributed by atoms with Crippen molar-refractivity contribution in [2.75, 3.05) is 26.2 Å². The lowest BCUT2D eigenvalue weighted by molar-refractivity contribution is -0.126. The molecule has 1 saturated heterocycles. The fourth-order valence-electron chi connectivity index (χ4n) is 3.96. The summed E-state index contributed by atoms with van der Waals surface area (Å²) in [5.74, 6) is -0.0865. The summed E-state index contributed by atoms with van der Waals surface area (Å²) in [6.45, 7) is 6.00. The van der Waals surface area contributed by atoms with E-state index in [-0.39, 0.29) is 17.9 Å². The zero-order chi connectivity index (χ0) is 20.1. The Kier molecular flexibility index (Phi) is 7.12. The molecule has 0 spiro atoms. The second kappa shape index (κ2) is 9.37. The predicted molar refractivity (Wildman–Crippen MR) is 109 cm³/mol. The Morgan fingerprint density at radius 2 is 1.93 bits per heavy atom. The summed E-state index contributed by atoms with van der Waals surface area (Å²) in [6, 6.07) is 5.53. The van der Waals surface area contributed by atoms with Crippen LogP contribution in [-0.2, 0) is 32.4 Å². The van der Waals surface area contributed by atoms with Crippen molar-refractivity contribution in [3.63, 3.8) is 0 Å². The molecule has 1 amide bonds. The Labute approximate surface area is 168 Å². The monoisotopic (exact) mass is 408 g/mol. The topological polar surface area (TPSA) is 75.7 Å². The third-order valence-corrected chi connectivity index (χ3v) is 7.50. The molecule has 1 aromatic rings. The first-order valence-electron chi connectivity index (χ1n) is 10.4. The number of rotatable bonds is 8. The third kappa shape index (κ3) is 5.13. The lowest BCUT2D eigenvalue weighted by Crippen LogP contribution is -2.43. The average Bonchev–Trinajstić information content (AvgIpc) is 3.15. The number of carbonyl (C=O) groups excluding carboxylic acids is 1. The van der Waals surface area contributed by atoms with Gasteiger partial charge >= 0.3 is 0 Å². The van der Waals surface area contributed by atoms with Gasteiger partial charge in [0.15, 0.2) is 0 Å². The predicted octanol–water partition coefficient (Wildman–Crippen LogP) is 2.51. The summed E-state index contributed by atoms with van der Waals surface area (Å²) in [6.07, 6.45) is 5.23. The van der Waals surface area contributed by atoms with Crippen LogP contribution in [0.2, 0.25) is 0 Å². The van der Waals surface area contributed by atoms with Gasteiger partial charge in [-0.05, 0) is 75.6 Å². The number of nitrogens with one attached hydrogen (secondary N) is 1. The van der Waals surface area contributed by atoms with Crippen LogP contribution in [0.4, 0.5) is 0 Å². The lowest BCUT2D eigenvalue weighted by atomic mass is 9.97. The van der Waals surface area contributed by atoms with Gasteiger partial charge in [-0.15, -0.1) is 0 Å². The number of amides is 1. The number of carbonyl (C=O) groups is 1. The first kappa shape index (κ1) is 21.3. The van der Waals surface area contributed by atoms with E-state index in [1.165, 1.54) is 9.87 Å². The Morgan fingerprint density at radius 3 is 2.64 bits per heavy atom. The van der Waals surface area contributed by atoms with Gasteiger partial charge < -0.3 is 10.1 Å². The van der Waals surface area contributed by atoms with Crippen LogP contribution in [0.25, 0.3) is 0 Å². The Hall–Kier alpha value is -1.44. The van der Waals surface area contributed by atoms with E-state index in [4.69, 9.17) is 4.74 Å². The number of nitrogens with zero attached hydrogens (tertiary/aromatic N) is 1. The highest BCUT2D eigenvalue weighted by atomic mass is 32.2. The molecule has 28 heavy (non-hydrogen) atoms. The Bertz CT molecular complexity index is 784. The van der Waals surface area contributed by atoms with E-state index in [1.54, 1.807) is 6.07 Å². The van der Waals surface area contributed by atoms with Crippen molar-refractivity contribution in [2.45, 2.75) is 63.4 Å². The summed E-state index contributed by atoms with van der Waals surface area (Å²) in [4.78, 5) is 12.7. The lowest BCUT2D eigenvalue weighted by Gasteiger charge is -2.30. The van der Waals surface area contributed by atoms with Crippen molar-refractivity contribution in [1.82, 2.24) is 9.62 Å². The number of benzene rings is 1. The van der Waals surface area contributed by atoms with Gasteiger partial charge in [-0.2, -0.15) is 4.31 Å². The van der Waals surface area contributed by atoms with Crippen LogP contribution in [0, 0.1) is 5.92 Å². The maximum absolute atomic E-state index is 13.0. The maximum atomic E-state index is 13.0. The highest BCUT2D eigenvalue weighted by Crippen LogP contribution is 2.28. The zero-order valence-electron chi connectivity index (χ0n) is 16.9. The number of sulfonamides is 1. The number of hydrogen-bond acceptors (Lipinski definition) is 4. The van der Waals surface area contributed by atoms with Gasteiger partial charge in [0, 0.05) is 32.2 Å². The second-order valence-electron chi connectivity index (χ2n) is 8.03. The van der Waals surface area contributed by atoms with Crippen LogP contribution in [0.5, 0.6) is 0 Å². The van der Waals surface area contributed by atoms with Crippen LogP contribution in [-0.4, -0.2) is 51.0 Å². The molecule has 1 heterocycles. The fraction of sp³-hybridized carbons (Fsp3) is 0.667. The van der Waals surface area contributed by atoms with Crippen LogP contribution < -0.4 is 5.32 Å². The van der Waals surface area contributed by atoms with E-state index in [2.05, 4.69) is 5.32 Å². The molecule has 1 fully saturated rings. The van der Waals surface area contributed by atoms with E-state index >= 15 is 0 Å². The average molecular weight is 409 g/mol. The molecule has 3 rings (SSSR count). The first-order chi connectivity index (χ1) is 13.4. The van der Waals surface area contributed by atoms with Crippen LogP contribution in [0.1, 0.15) is 50.7 Å². The van der Waals surface area contributed by atoms with Crippen LogP contribution >= 0.6 is 0 Å². The van der Waals surface area contributed by atoms with E-state index in [0.29, 0.717) is 44.0 Å². The van der Waals surface area contributed by atoms with E-state index in [9.17, 15) is 13.2 Å². The third-order valence-electron chi connectivity index (χ3n) is 5.60. The molecule has 6 nitrogen and oxygen atoms in total. The molecule has 1 aromatic carbocycles. The van der Waals surface area contributed by atoms with Gasteiger partial charge in [-0.3, -0.25) is 4.79 Å². The van der Waals surface area contributed by atoms with Gasteiger partial charge in [0.25, 0.3) is 0 Å². The van der Waals surface area contributed by atoms with Crippen molar-refractivity contribution in [3.05, 3.63) is 29.3 Å². The molecule has 0 radical (unpaired) electrons. The molecule has 7 heteroatoms. The summed E-state index contributed by atoms with van der Waals surface area (Å²) in [7, 11) is -3.48. The quantitative estimate of drug-likeness (QED) is 0.671. The van der Waals surface area contributed by atoms with E-state index in [1.807, 2.05) is 26.0 Å². The van der Waals surface area contributed by atoms with Gasteiger partial charge in [0.1, 0.15) is 0 Å². The molecule has 0 atom stereocenters. The zero-order valence-corrected chi connectivity index (χ0v) is 17.8. The van der Waals surface area contributed by atoms with Crippen molar-refractivity contribution < 1.29 is 17.9 Å². The molecular weight excluding hydrogens is 376 g/mol. The minimum atomic E-state index is -3.48. The minimum Gasteiger partial charge on any atom is -0.379 e. The van der Waals surface area contributed by atoms with Crippen molar-refractivity contribution in [2.24, 2.45) is 5.92 Å². The van der Waals surface area contributed by atoms with Crippen molar-refractivity contribution in [3.8, 4) is 0 Å². The SMILES string of the molecule is CC(C)OCCCNC(=O)C1CCN(S(=O)(=O)c2ccc3c(c2)CCC3)CC1. The van der Waals surface area contributed by atoms with E-state index < -0.39 is 10.0 Å². The highest BCUT2D eigenvalue weighted by molar-refractivity contribution is 7.89. The number of hydrogen-bond donors (Lipinski definition) is 1. The smallest absolute Gasteiger partial charge is 0.243 e. The Balaban J connectivity index is 1.48. The molecule has 0 aromatic heterocycles. The number of fused-ring (bicyclic) bond motifs is 1. The standard InChI is InChI=1S/C21H32N2O4S/c1-16(2)27-14-4-11-22-21(24)18-9-12-23(13-10-18)28(25,26)20-8-7-17-5-3-6-19(17)15-20/h7-8,15-16,18H,3-6,9-14H2,1-2H3,(H,22,24). The summed E-state index contributed by atoms with van der Waals surface area (Å²) in [5, 5.41) is 2.95. The largest absolute Gasteiger partial charge is 0.379 e. The van der Waals surface area contributed by atoms with Crippen molar-refractivity contribution in [1.29, 1.82) is 0 Å². The maximum Gasteiger partial charge on any atom is 0.243 e. The van der Waals surface area contributed by atoms with Gasteiger partial charge in [-0.25, -0.2) is 8.42 Å². The number of ether oxygens (including phenoxy) is 1. The summed E-state index contributed by atoms with van der Waals surface area (Å²) < 4.78 is 32.9. The number of piperidine rings is 1. The molecule has 1 N–H and O–H groups in total. The summed E-state index contributed by atoms with van der Waals surface area (Å²) >= 11 is 0. The molecule has 1 aliphatic heterocycles. The normalized spacial score (nSPS) is 18.4. The highest BCUT2D eigenvalue weighted by Gasteiger charge is 2.32. The molecule has 156 valence electrons. The molecule has 1 aliphatic carbocycles. The van der Waals surface area contributed by atoms with Crippen LogP contribution in [0.15, 0.2) is 23.1 Å². The summed E-state index contributed by atoms with van der Waals surface area (Å²) in [5.41, 5.74) is 2.44. The van der Waals surface area contributed by atoms with Gasteiger partial charge in [0.05, 0.1) is 11.0 Å². The molecule has 0 bridgehead atoms. The van der Waals surface area contributed by atoms with Crippen LogP contribution in [0.3, 0.4) is 0 Å². The van der Waals surface area contributed by atoms with E-state index in [0.717, 1.165) is 31.2 Å². The van der Waals surface area contributed by atoms with Gasteiger partial charge in [-0.1, -0.05) is 6.07 Å². The molecule has 2 aliphatic rings. The molecule has 0 unspecified atom stereocenters. The van der Waals surface area contributed by atoms with Gasteiger partial charge in [0.2, 0.25) is 15.9 Å². The molecular formula is C21H32N2O4S. The van der Waals surface area contributed by atoms with Crippen molar-refractivity contribution >= 4 is 15.9 Å². The second-order valence-corrected chi connectivity index (χ2v) is 9.96. The minimum absolute atomic E-state index is 0.0270.